The first-order valence-corrected chi connectivity index (χ1v) is 6.32. The Hall–Kier alpha value is -1.56. The molecule has 0 spiro atoms. The number of hydrogen-bond donors (Lipinski definition) is 2. The number of anilines is 1. The first kappa shape index (κ1) is 12.9. The summed E-state index contributed by atoms with van der Waals surface area (Å²) in [4.78, 5) is 13.9. The molecule has 1 aliphatic rings. The molecule has 2 heterocycles. The molecule has 0 bridgehead atoms. The summed E-state index contributed by atoms with van der Waals surface area (Å²) >= 11 is 0. The predicted octanol–water partition coefficient (Wildman–Crippen LogP) is 1.75. The number of urea groups is 1. The monoisotopic (exact) mass is 253 g/mol. The fourth-order valence-corrected chi connectivity index (χ4v) is 2.34. The Morgan fingerprint density at radius 2 is 2.56 bits per heavy atom. The lowest BCUT2D eigenvalue weighted by atomic mass is 10.1. The Labute approximate surface area is 106 Å². The Balaban J connectivity index is 1.91. The summed E-state index contributed by atoms with van der Waals surface area (Å²) in [5.41, 5.74) is 0. The van der Waals surface area contributed by atoms with E-state index in [0.717, 1.165) is 32.2 Å². The van der Waals surface area contributed by atoms with E-state index in [4.69, 9.17) is 9.63 Å². The molecule has 1 atom stereocenters. The molecule has 2 amide bonds. The first-order valence-electron chi connectivity index (χ1n) is 6.32. The lowest BCUT2D eigenvalue weighted by Gasteiger charge is -2.24. The molecule has 1 fully saturated rings. The van der Waals surface area contributed by atoms with Gasteiger partial charge in [0.2, 0.25) is 0 Å². The Kier molecular flexibility index (Phi) is 4.19. The highest BCUT2D eigenvalue weighted by Crippen LogP contribution is 2.22. The number of carbonyl (C=O) groups excluding carboxylic acids is 1. The zero-order chi connectivity index (χ0) is 13.0. The van der Waals surface area contributed by atoms with Crippen molar-refractivity contribution in [3.63, 3.8) is 0 Å². The highest BCUT2D eigenvalue weighted by atomic mass is 16.5. The normalized spacial score (nSPS) is 19.2. The van der Waals surface area contributed by atoms with Crippen molar-refractivity contribution in [3.05, 3.63) is 11.8 Å². The van der Waals surface area contributed by atoms with E-state index in [1.54, 1.807) is 13.0 Å². The number of aliphatic hydroxyl groups is 1. The summed E-state index contributed by atoms with van der Waals surface area (Å²) in [6, 6.07) is 1.78. The molecule has 1 aliphatic heterocycles. The Bertz CT molecular complexity index is 405. The summed E-state index contributed by atoms with van der Waals surface area (Å²) in [5, 5.41) is 15.3. The van der Waals surface area contributed by atoms with Crippen LogP contribution in [0.4, 0.5) is 10.6 Å². The van der Waals surface area contributed by atoms with Gasteiger partial charge < -0.3 is 14.5 Å². The van der Waals surface area contributed by atoms with Crippen LogP contribution in [0.3, 0.4) is 0 Å². The minimum Gasteiger partial charge on any atom is -0.396 e. The maximum absolute atomic E-state index is 12.1. The summed E-state index contributed by atoms with van der Waals surface area (Å²) in [6.07, 6.45) is 3.60. The second-order valence-electron chi connectivity index (χ2n) is 4.61. The molecule has 1 saturated heterocycles. The number of likely N-dealkylation sites (tertiary alicyclic amines) is 1. The van der Waals surface area contributed by atoms with E-state index in [2.05, 4.69) is 10.5 Å². The van der Waals surface area contributed by atoms with Gasteiger partial charge in [0.15, 0.2) is 5.82 Å². The van der Waals surface area contributed by atoms with Crippen LogP contribution in [0.1, 0.15) is 31.4 Å². The van der Waals surface area contributed by atoms with Gasteiger partial charge in [-0.2, -0.15) is 0 Å². The fourth-order valence-electron chi connectivity index (χ4n) is 2.34. The quantitative estimate of drug-likeness (QED) is 0.856. The van der Waals surface area contributed by atoms with Crippen molar-refractivity contribution in [2.24, 2.45) is 0 Å². The smallest absolute Gasteiger partial charge is 0.323 e. The topological polar surface area (TPSA) is 78.6 Å². The number of amides is 2. The van der Waals surface area contributed by atoms with E-state index >= 15 is 0 Å². The highest BCUT2D eigenvalue weighted by Gasteiger charge is 2.28. The highest BCUT2D eigenvalue weighted by molar-refractivity contribution is 5.88. The van der Waals surface area contributed by atoms with Crippen molar-refractivity contribution in [2.75, 3.05) is 18.5 Å². The second-order valence-corrected chi connectivity index (χ2v) is 4.61. The molecule has 1 aromatic heterocycles. The summed E-state index contributed by atoms with van der Waals surface area (Å²) in [5.74, 6) is 1.12. The molecule has 0 aromatic carbocycles. The second kappa shape index (κ2) is 5.86. The van der Waals surface area contributed by atoms with Crippen LogP contribution in [0.5, 0.6) is 0 Å². The van der Waals surface area contributed by atoms with Crippen molar-refractivity contribution in [1.82, 2.24) is 10.1 Å². The molecule has 6 heteroatoms. The van der Waals surface area contributed by atoms with Crippen LogP contribution < -0.4 is 5.32 Å². The molecule has 2 rings (SSSR count). The van der Waals surface area contributed by atoms with Crippen LogP contribution in [0.15, 0.2) is 10.6 Å². The molecule has 6 nitrogen and oxygen atoms in total. The van der Waals surface area contributed by atoms with Gasteiger partial charge >= 0.3 is 6.03 Å². The van der Waals surface area contributed by atoms with Gasteiger partial charge in [-0.05, 0) is 32.6 Å². The molecule has 100 valence electrons. The van der Waals surface area contributed by atoms with Gasteiger partial charge in [-0.1, -0.05) is 5.16 Å². The van der Waals surface area contributed by atoms with Crippen LogP contribution in [0, 0.1) is 6.92 Å². The molecular weight excluding hydrogens is 234 g/mol. The molecule has 1 aromatic rings. The molecular formula is C12H19N3O3. The van der Waals surface area contributed by atoms with Gasteiger partial charge in [-0.3, -0.25) is 5.32 Å². The molecule has 18 heavy (non-hydrogen) atoms. The van der Waals surface area contributed by atoms with Gasteiger partial charge in [0.1, 0.15) is 5.76 Å². The van der Waals surface area contributed by atoms with Gasteiger partial charge in [-0.15, -0.1) is 0 Å². The third-order valence-electron chi connectivity index (χ3n) is 3.20. The standard InChI is InChI=1S/C12H19N3O3/c1-9-8-11(14-18-9)13-12(17)15-6-2-4-10(15)5-3-7-16/h8,10,16H,2-7H2,1H3,(H,13,14,17)/t10-/m0/s1. The van der Waals surface area contributed by atoms with Crippen molar-refractivity contribution < 1.29 is 14.4 Å². The maximum Gasteiger partial charge on any atom is 0.323 e. The predicted molar refractivity (Wildman–Crippen MR) is 66.3 cm³/mol. The lowest BCUT2D eigenvalue weighted by Crippen LogP contribution is -2.38. The van der Waals surface area contributed by atoms with Crippen LogP contribution >= 0.6 is 0 Å². The Morgan fingerprint density at radius 3 is 3.22 bits per heavy atom. The number of aliphatic hydroxyl groups excluding tert-OH is 1. The van der Waals surface area contributed by atoms with Crippen molar-refractivity contribution in [3.8, 4) is 0 Å². The number of rotatable bonds is 4. The van der Waals surface area contributed by atoms with Crippen LogP contribution in [0.2, 0.25) is 0 Å². The van der Waals surface area contributed by atoms with Gasteiger partial charge in [-0.25, -0.2) is 4.79 Å². The Morgan fingerprint density at radius 1 is 1.72 bits per heavy atom. The number of aryl methyl sites for hydroxylation is 1. The number of hydrogen-bond acceptors (Lipinski definition) is 4. The number of carbonyl (C=O) groups is 1. The molecule has 0 radical (unpaired) electrons. The zero-order valence-corrected chi connectivity index (χ0v) is 10.6. The van der Waals surface area contributed by atoms with Crippen LogP contribution in [-0.4, -0.2) is 40.4 Å². The zero-order valence-electron chi connectivity index (χ0n) is 10.6. The average Bonchev–Trinajstić information content (AvgIpc) is 2.95. The minimum atomic E-state index is -0.135. The summed E-state index contributed by atoms with van der Waals surface area (Å²) in [6.45, 7) is 2.72. The number of aromatic nitrogens is 1. The van der Waals surface area contributed by atoms with E-state index in [1.165, 1.54) is 0 Å². The first-order chi connectivity index (χ1) is 8.70. The maximum atomic E-state index is 12.1. The largest absolute Gasteiger partial charge is 0.396 e. The van der Waals surface area contributed by atoms with E-state index in [9.17, 15) is 4.79 Å². The average molecular weight is 253 g/mol. The van der Waals surface area contributed by atoms with Crippen LogP contribution in [-0.2, 0) is 0 Å². The molecule has 2 N–H and O–H groups in total. The number of nitrogens with zero attached hydrogens (tertiary/aromatic N) is 2. The summed E-state index contributed by atoms with van der Waals surface area (Å²) < 4.78 is 4.90. The third-order valence-corrected chi connectivity index (χ3v) is 3.20. The van der Waals surface area contributed by atoms with E-state index in [-0.39, 0.29) is 18.7 Å². The number of nitrogens with one attached hydrogen (secondary N) is 1. The SMILES string of the molecule is Cc1cc(NC(=O)N2CCC[C@H]2CCCO)no1. The van der Waals surface area contributed by atoms with Crippen molar-refractivity contribution in [2.45, 2.75) is 38.6 Å². The molecule has 0 aliphatic carbocycles. The van der Waals surface area contributed by atoms with Gasteiger partial charge in [0.05, 0.1) is 0 Å². The van der Waals surface area contributed by atoms with Gasteiger partial charge in [0.25, 0.3) is 0 Å². The lowest BCUT2D eigenvalue weighted by molar-refractivity contribution is 0.197. The van der Waals surface area contributed by atoms with Crippen molar-refractivity contribution >= 4 is 11.8 Å². The molecule has 0 saturated carbocycles. The van der Waals surface area contributed by atoms with E-state index in [0.29, 0.717) is 11.6 Å². The van der Waals surface area contributed by atoms with Gasteiger partial charge in [0, 0.05) is 25.3 Å². The summed E-state index contributed by atoms with van der Waals surface area (Å²) in [7, 11) is 0. The van der Waals surface area contributed by atoms with E-state index in [1.807, 2.05) is 4.90 Å². The van der Waals surface area contributed by atoms with E-state index < -0.39 is 0 Å². The third kappa shape index (κ3) is 3.01. The van der Waals surface area contributed by atoms with Crippen LogP contribution in [0.25, 0.3) is 0 Å². The molecule has 0 unspecified atom stereocenters. The minimum absolute atomic E-state index is 0.135. The van der Waals surface area contributed by atoms with Crippen molar-refractivity contribution in [1.29, 1.82) is 0 Å². The fraction of sp³-hybridized carbons (Fsp3) is 0.667.